The lowest BCUT2D eigenvalue weighted by molar-refractivity contribution is 0.207. The Morgan fingerprint density at radius 3 is 2.33 bits per heavy atom. The Balaban J connectivity index is 2.05. The number of benzene rings is 1. The smallest absolute Gasteiger partial charge is 0.246 e. The molecule has 1 aromatic rings. The Kier molecular flexibility index (Phi) is 5.11. The van der Waals surface area contributed by atoms with E-state index in [4.69, 9.17) is 11.8 Å². The van der Waals surface area contributed by atoms with Crippen LogP contribution >= 0.6 is 11.8 Å². The molecular weight excluding hydrogens is 312 g/mol. The first-order valence-electron chi connectivity index (χ1n) is 6.98. The number of hydrogen-bond acceptors (Lipinski definition) is 3. The predicted molar refractivity (Wildman–Crippen MR) is 81.5 cm³/mol. The van der Waals surface area contributed by atoms with Gasteiger partial charge in [-0.1, -0.05) is 37.0 Å². The van der Waals surface area contributed by atoms with Gasteiger partial charge < -0.3 is 0 Å². The number of nitrogens with one attached hydrogen (secondary N) is 1. The monoisotopic (exact) mass is 330 g/mol. The third kappa shape index (κ3) is 4.11. The van der Waals surface area contributed by atoms with Gasteiger partial charge >= 0.3 is 6.03 Å². The summed E-state index contributed by atoms with van der Waals surface area (Å²) in [5.74, 6) is 0. The molecule has 1 aliphatic carbocycles. The van der Waals surface area contributed by atoms with E-state index in [0.717, 1.165) is 42.1 Å². The van der Waals surface area contributed by atoms with Gasteiger partial charge in [0.25, 0.3) is 10.0 Å². The van der Waals surface area contributed by atoms with Crippen LogP contribution in [0.5, 0.6) is 0 Å². The summed E-state index contributed by atoms with van der Waals surface area (Å²) >= 11 is 5.99. The molecule has 116 valence electrons. The molecule has 1 aliphatic rings. The lowest BCUT2D eigenvalue weighted by atomic mass is 9.96. The summed E-state index contributed by atoms with van der Waals surface area (Å²) in [6.07, 6.45) is 4.76. The zero-order valence-corrected chi connectivity index (χ0v) is 13.5. The van der Waals surface area contributed by atoms with Gasteiger partial charge in [0.15, 0.2) is 0 Å². The molecule has 2 rings (SSSR count). The van der Waals surface area contributed by atoms with E-state index in [9.17, 15) is 13.2 Å². The van der Waals surface area contributed by atoms with Crippen molar-refractivity contribution < 1.29 is 13.2 Å². The maximum Gasteiger partial charge on any atom is 0.346 e. The van der Waals surface area contributed by atoms with Gasteiger partial charge in [-0.2, -0.15) is 0 Å². The number of sulfonamides is 1. The van der Waals surface area contributed by atoms with Gasteiger partial charge in [0, 0.05) is 11.8 Å². The molecule has 1 fully saturated rings. The molecule has 0 unspecified atom stereocenters. The number of amides is 2. The van der Waals surface area contributed by atoms with Crippen LogP contribution in [0.15, 0.2) is 29.2 Å². The summed E-state index contributed by atoms with van der Waals surface area (Å²) in [7, 11) is -3.89. The summed E-state index contributed by atoms with van der Waals surface area (Å²) in [4.78, 5) is 12.1. The predicted octanol–water partition coefficient (Wildman–Crippen LogP) is 3.18. The fourth-order valence-electron chi connectivity index (χ4n) is 2.41. The average Bonchev–Trinajstić information content (AvgIpc) is 2.47. The lowest BCUT2D eigenvalue weighted by Crippen LogP contribution is -2.43. The topological polar surface area (TPSA) is 66.5 Å². The van der Waals surface area contributed by atoms with Crippen LogP contribution in [-0.2, 0) is 10.0 Å². The molecule has 0 aliphatic heterocycles. The SMILES string of the molecule is Cc1ccc(S(=O)(=O)NC(=O)N(Cl)C2CCCCC2)cc1. The summed E-state index contributed by atoms with van der Waals surface area (Å²) in [6.45, 7) is 1.86. The van der Waals surface area contributed by atoms with Gasteiger partial charge in [-0.15, -0.1) is 0 Å². The normalized spacial score (nSPS) is 16.5. The third-order valence-electron chi connectivity index (χ3n) is 3.64. The minimum atomic E-state index is -3.89. The molecule has 5 nitrogen and oxygen atoms in total. The molecule has 0 atom stereocenters. The minimum Gasteiger partial charge on any atom is -0.246 e. The van der Waals surface area contributed by atoms with E-state index in [0.29, 0.717) is 0 Å². The molecule has 0 saturated heterocycles. The zero-order valence-electron chi connectivity index (χ0n) is 11.9. The lowest BCUT2D eigenvalue weighted by Gasteiger charge is -2.28. The molecule has 1 saturated carbocycles. The zero-order chi connectivity index (χ0) is 15.5. The van der Waals surface area contributed by atoms with Crippen LogP contribution in [0.4, 0.5) is 4.79 Å². The van der Waals surface area contributed by atoms with E-state index in [-0.39, 0.29) is 10.9 Å². The van der Waals surface area contributed by atoms with Crippen molar-refractivity contribution in [1.82, 2.24) is 9.14 Å². The standard InChI is InChI=1S/C14H19ClN2O3S/c1-11-7-9-13(10-8-11)21(19,20)16-14(18)17(15)12-5-3-2-4-6-12/h7-10,12H,2-6H2,1H3,(H,16,18). The second-order valence-electron chi connectivity index (χ2n) is 5.33. The highest BCUT2D eigenvalue weighted by Gasteiger charge is 2.27. The molecule has 1 aromatic carbocycles. The van der Waals surface area contributed by atoms with Crippen LogP contribution < -0.4 is 4.72 Å². The van der Waals surface area contributed by atoms with Crippen molar-refractivity contribution in [3.8, 4) is 0 Å². The average molecular weight is 331 g/mol. The molecule has 21 heavy (non-hydrogen) atoms. The van der Waals surface area contributed by atoms with E-state index in [1.165, 1.54) is 12.1 Å². The van der Waals surface area contributed by atoms with Crippen molar-refractivity contribution in [3.63, 3.8) is 0 Å². The Labute approximate surface area is 130 Å². The quantitative estimate of drug-likeness (QED) is 0.865. The summed E-state index contributed by atoms with van der Waals surface area (Å²) in [5, 5.41) is 0. The summed E-state index contributed by atoms with van der Waals surface area (Å²) in [5.41, 5.74) is 0.946. The highest BCUT2D eigenvalue weighted by atomic mass is 35.5. The molecule has 0 heterocycles. The third-order valence-corrected chi connectivity index (χ3v) is 5.41. The van der Waals surface area contributed by atoms with Crippen molar-refractivity contribution in [2.45, 2.75) is 50.0 Å². The van der Waals surface area contributed by atoms with Gasteiger partial charge in [-0.3, -0.25) is 0 Å². The first-order chi connectivity index (χ1) is 9.90. The minimum absolute atomic E-state index is 0.0511. The number of carbonyl (C=O) groups is 1. The number of carbonyl (C=O) groups excluding carboxylic acids is 1. The van der Waals surface area contributed by atoms with Crippen LogP contribution in [0.2, 0.25) is 0 Å². The second-order valence-corrected chi connectivity index (χ2v) is 7.37. The van der Waals surface area contributed by atoms with Crippen molar-refractivity contribution in [1.29, 1.82) is 0 Å². The molecule has 2 amide bonds. The fraction of sp³-hybridized carbons (Fsp3) is 0.500. The van der Waals surface area contributed by atoms with Crippen LogP contribution in [0.3, 0.4) is 0 Å². The number of nitrogens with zero attached hydrogens (tertiary/aromatic N) is 1. The Bertz CT molecular complexity index is 595. The van der Waals surface area contributed by atoms with Crippen molar-refractivity contribution >= 4 is 27.8 Å². The van der Waals surface area contributed by atoms with E-state index >= 15 is 0 Å². The van der Waals surface area contributed by atoms with Gasteiger partial charge in [0.2, 0.25) is 0 Å². The molecular formula is C14H19ClN2O3S. The van der Waals surface area contributed by atoms with Crippen LogP contribution in [0.1, 0.15) is 37.7 Å². The number of aryl methyl sites for hydroxylation is 1. The first kappa shape index (κ1) is 16.1. The molecule has 0 spiro atoms. The molecule has 1 N–H and O–H groups in total. The van der Waals surface area contributed by atoms with E-state index < -0.39 is 16.1 Å². The fourth-order valence-corrected chi connectivity index (χ4v) is 3.64. The van der Waals surface area contributed by atoms with Gasteiger partial charge in [-0.05, 0) is 31.9 Å². The highest BCUT2D eigenvalue weighted by Crippen LogP contribution is 2.24. The molecule has 7 heteroatoms. The van der Waals surface area contributed by atoms with E-state index in [2.05, 4.69) is 0 Å². The largest absolute Gasteiger partial charge is 0.346 e. The van der Waals surface area contributed by atoms with Gasteiger partial charge in [0.05, 0.1) is 10.9 Å². The van der Waals surface area contributed by atoms with Crippen LogP contribution in [-0.4, -0.2) is 24.9 Å². The second kappa shape index (κ2) is 6.66. The Hall–Kier alpha value is -1.27. The number of urea groups is 1. The van der Waals surface area contributed by atoms with Crippen LogP contribution in [0, 0.1) is 6.92 Å². The number of halogens is 1. The summed E-state index contributed by atoms with van der Waals surface area (Å²) in [6, 6.07) is 5.39. The first-order valence-corrected chi connectivity index (χ1v) is 8.81. The number of rotatable bonds is 3. The van der Waals surface area contributed by atoms with Gasteiger partial charge in [-0.25, -0.2) is 22.4 Å². The van der Waals surface area contributed by atoms with Crippen molar-refractivity contribution in [2.75, 3.05) is 0 Å². The van der Waals surface area contributed by atoms with Gasteiger partial charge in [0.1, 0.15) is 0 Å². The highest BCUT2D eigenvalue weighted by molar-refractivity contribution is 7.90. The molecule has 0 bridgehead atoms. The Morgan fingerprint density at radius 1 is 1.19 bits per heavy atom. The van der Waals surface area contributed by atoms with Crippen LogP contribution in [0.25, 0.3) is 0 Å². The maximum absolute atomic E-state index is 12.1. The summed E-state index contributed by atoms with van der Waals surface area (Å²) < 4.78 is 27.3. The molecule has 0 aromatic heterocycles. The number of hydrogen-bond donors (Lipinski definition) is 1. The molecule has 0 radical (unpaired) electrons. The van der Waals surface area contributed by atoms with Crippen molar-refractivity contribution in [3.05, 3.63) is 29.8 Å². The maximum atomic E-state index is 12.1. The Morgan fingerprint density at radius 2 is 1.76 bits per heavy atom. The van der Waals surface area contributed by atoms with E-state index in [1.807, 2.05) is 11.6 Å². The van der Waals surface area contributed by atoms with E-state index in [1.54, 1.807) is 12.1 Å². The van der Waals surface area contributed by atoms with Crippen molar-refractivity contribution in [2.24, 2.45) is 0 Å².